The number of nitrogens with zero attached hydrogens (tertiary/aromatic N) is 1. The highest BCUT2D eigenvalue weighted by molar-refractivity contribution is 5.85. The van der Waals surface area contributed by atoms with Gasteiger partial charge in [-0.3, -0.25) is 4.79 Å². The molecule has 0 spiro atoms. The molecule has 1 unspecified atom stereocenters. The van der Waals surface area contributed by atoms with Gasteiger partial charge >= 0.3 is 0 Å². The fourth-order valence-corrected chi connectivity index (χ4v) is 2.98. The lowest BCUT2D eigenvalue weighted by molar-refractivity contribution is -0.123. The van der Waals surface area contributed by atoms with E-state index in [9.17, 15) is 4.79 Å². The average Bonchev–Trinajstić information content (AvgIpc) is 3.00. The topological polar surface area (TPSA) is 58.4 Å². The summed E-state index contributed by atoms with van der Waals surface area (Å²) in [6.07, 6.45) is 3.24. The van der Waals surface area contributed by atoms with Crippen molar-refractivity contribution in [3.63, 3.8) is 0 Å². The monoisotopic (exact) mass is 375 g/mol. The molecule has 0 aromatic heterocycles. The summed E-state index contributed by atoms with van der Waals surface area (Å²) in [7, 11) is 0. The molecule has 0 saturated carbocycles. The van der Waals surface area contributed by atoms with E-state index in [4.69, 9.17) is 5.73 Å². The van der Waals surface area contributed by atoms with Crippen molar-refractivity contribution in [2.45, 2.75) is 52.1 Å². The minimum atomic E-state index is -0.427. The van der Waals surface area contributed by atoms with Gasteiger partial charge in [-0.1, -0.05) is 26.0 Å². The maximum atomic E-state index is 12.2. The molecule has 0 aliphatic carbocycles. The van der Waals surface area contributed by atoms with Gasteiger partial charge in [0.2, 0.25) is 5.91 Å². The molecule has 1 saturated heterocycles. The Bertz CT molecular complexity index is 505. The second-order valence-corrected chi connectivity index (χ2v) is 6.76. The maximum absolute atomic E-state index is 12.2. The van der Waals surface area contributed by atoms with Crippen molar-refractivity contribution in [3.05, 3.63) is 29.8 Å². The van der Waals surface area contributed by atoms with Gasteiger partial charge in [0.25, 0.3) is 0 Å². The number of amides is 1. The number of benzene rings is 1. The average molecular weight is 376 g/mol. The number of hydrogen-bond acceptors (Lipinski definition) is 3. The quantitative estimate of drug-likeness (QED) is 0.796. The minimum Gasteiger partial charge on any atom is -0.372 e. The van der Waals surface area contributed by atoms with E-state index in [2.05, 4.69) is 48.3 Å². The Morgan fingerprint density at radius 1 is 1.21 bits per heavy atom. The summed E-state index contributed by atoms with van der Waals surface area (Å²) in [5, 5.41) is 3.04. The van der Waals surface area contributed by atoms with E-state index in [1.165, 1.54) is 18.5 Å². The molecule has 0 bridgehead atoms. The van der Waals surface area contributed by atoms with Gasteiger partial charge in [-0.25, -0.2) is 0 Å². The van der Waals surface area contributed by atoms with Crippen LogP contribution in [0.5, 0.6) is 0 Å². The van der Waals surface area contributed by atoms with Crippen LogP contribution in [-0.2, 0) is 4.79 Å². The molecule has 1 amide bonds. The molecule has 1 aliphatic rings. The number of nitrogens with two attached hydrogens (primary N) is 1. The summed E-state index contributed by atoms with van der Waals surface area (Å²) in [5.41, 5.74) is 8.34. The van der Waals surface area contributed by atoms with Crippen molar-refractivity contribution in [1.29, 1.82) is 0 Å². The van der Waals surface area contributed by atoms with Crippen LogP contribution in [0.25, 0.3) is 0 Å². The predicted octanol–water partition coefficient (Wildman–Crippen LogP) is 3.68. The number of halogens is 2. The highest BCUT2D eigenvalue weighted by atomic mass is 35.5. The third-order valence-electron chi connectivity index (χ3n) is 4.26. The molecule has 4 nitrogen and oxygen atoms in total. The second-order valence-electron chi connectivity index (χ2n) is 6.76. The molecule has 0 radical (unpaired) electrons. The molecule has 24 heavy (non-hydrogen) atoms. The van der Waals surface area contributed by atoms with Crippen LogP contribution in [0.2, 0.25) is 0 Å². The van der Waals surface area contributed by atoms with Crippen LogP contribution in [0, 0.1) is 5.92 Å². The third kappa shape index (κ3) is 6.50. The van der Waals surface area contributed by atoms with E-state index in [1.54, 1.807) is 0 Å². The Labute approximate surface area is 158 Å². The van der Waals surface area contributed by atoms with E-state index in [-0.39, 0.29) is 36.8 Å². The van der Waals surface area contributed by atoms with Crippen LogP contribution in [0.1, 0.15) is 51.6 Å². The van der Waals surface area contributed by atoms with Gasteiger partial charge in [0.1, 0.15) is 0 Å². The standard InChI is InChI=1S/C18H29N3O.2ClH/c1-13(2)11-17(19)18(22)20-14(3)15-7-6-8-16(12-15)21-9-4-5-10-21;;/h6-8,12-14,17H,4-5,9-11,19H2,1-3H3,(H,20,22);2*1H/t14?,17-;;/m0../s1. The summed E-state index contributed by atoms with van der Waals surface area (Å²) < 4.78 is 0. The largest absolute Gasteiger partial charge is 0.372 e. The van der Waals surface area contributed by atoms with Crippen LogP contribution in [0.4, 0.5) is 5.69 Å². The van der Waals surface area contributed by atoms with E-state index < -0.39 is 6.04 Å². The van der Waals surface area contributed by atoms with Gasteiger partial charge in [-0.2, -0.15) is 0 Å². The van der Waals surface area contributed by atoms with Crippen molar-refractivity contribution in [2.75, 3.05) is 18.0 Å². The lowest BCUT2D eigenvalue weighted by Crippen LogP contribution is -2.42. The molecule has 1 fully saturated rings. The predicted molar refractivity (Wildman–Crippen MR) is 106 cm³/mol. The van der Waals surface area contributed by atoms with Gasteiger partial charge in [-0.15, -0.1) is 24.8 Å². The van der Waals surface area contributed by atoms with Crippen molar-refractivity contribution in [3.8, 4) is 0 Å². The van der Waals surface area contributed by atoms with Gasteiger partial charge in [0, 0.05) is 18.8 Å². The SMILES string of the molecule is CC(C)C[C@H](N)C(=O)NC(C)c1cccc(N2CCCC2)c1.Cl.Cl. The molecular weight excluding hydrogens is 345 g/mol. The van der Waals surface area contributed by atoms with Gasteiger partial charge in [0.15, 0.2) is 0 Å². The van der Waals surface area contributed by atoms with E-state index >= 15 is 0 Å². The van der Waals surface area contributed by atoms with Crippen LogP contribution in [0.15, 0.2) is 24.3 Å². The van der Waals surface area contributed by atoms with Crippen molar-refractivity contribution in [2.24, 2.45) is 11.7 Å². The zero-order valence-corrected chi connectivity index (χ0v) is 16.5. The number of anilines is 1. The molecule has 2 rings (SSSR count). The van der Waals surface area contributed by atoms with Crippen molar-refractivity contribution in [1.82, 2.24) is 5.32 Å². The number of rotatable bonds is 6. The molecule has 2 atom stereocenters. The second kappa shape index (κ2) is 10.8. The minimum absolute atomic E-state index is 0. The fraction of sp³-hybridized carbons (Fsp3) is 0.611. The lowest BCUT2D eigenvalue weighted by atomic mass is 10.0. The molecule has 1 aromatic carbocycles. The maximum Gasteiger partial charge on any atom is 0.237 e. The van der Waals surface area contributed by atoms with Crippen LogP contribution >= 0.6 is 24.8 Å². The third-order valence-corrected chi connectivity index (χ3v) is 4.26. The zero-order valence-electron chi connectivity index (χ0n) is 14.8. The molecule has 6 heteroatoms. The summed E-state index contributed by atoms with van der Waals surface area (Å²) in [5.74, 6) is 0.363. The first kappa shape index (κ1) is 23.0. The van der Waals surface area contributed by atoms with E-state index in [1.807, 2.05) is 6.92 Å². The lowest BCUT2D eigenvalue weighted by Gasteiger charge is -2.22. The van der Waals surface area contributed by atoms with Crippen LogP contribution in [-0.4, -0.2) is 25.0 Å². The number of nitrogens with one attached hydrogen (secondary N) is 1. The molecule has 1 aliphatic heterocycles. The van der Waals surface area contributed by atoms with Gasteiger partial charge in [0.05, 0.1) is 12.1 Å². The summed E-state index contributed by atoms with van der Waals surface area (Å²) in [4.78, 5) is 14.6. The Kier molecular flexibility index (Phi) is 10.4. The van der Waals surface area contributed by atoms with Crippen molar-refractivity contribution >= 4 is 36.4 Å². The summed E-state index contributed by atoms with van der Waals surface area (Å²) in [6, 6.07) is 8.02. The fourth-order valence-electron chi connectivity index (χ4n) is 2.98. The summed E-state index contributed by atoms with van der Waals surface area (Å²) in [6.45, 7) is 8.43. The Balaban J connectivity index is 0.00000264. The Hall–Kier alpha value is -0.970. The number of carbonyl (C=O) groups is 1. The highest BCUT2D eigenvalue weighted by Gasteiger charge is 2.18. The first-order valence-corrected chi connectivity index (χ1v) is 8.38. The Morgan fingerprint density at radius 3 is 2.42 bits per heavy atom. The van der Waals surface area contributed by atoms with Gasteiger partial charge in [-0.05, 0) is 49.8 Å². The molecule has 1 aromatic rings. The first-order valence-electron chi connectivity index (χ1n) is 8.38. The number of carbonyl (C=O) groups excluding carboxylic acids is 1. The molecule has 138 valence electrons. The summed E-state index contributed by atoms with van der Waals surface area (Å²) >= 11 is 0. The zero-order chi connectivity index (χ0) is 16.1. The molecular formula is C18H31Cl2N3O. The smallest absolute Gasteiger partial charge is 0.237 e. The van der Waals surface area contributed by atoms with E-state index in [0.717, 1.165) is 18.7 Å². The normalized spacial score (nSPS) is 16.1. The first-order chi connectivity index (χ1) is 10.5. The van der Waals surface area contributed by atoms with Crippen LogP contribution in [0.3, 0.4) is 0 Å². The van der Waals surface area contributed by atoms with Gasteiger partial charge < -0.3 is 16.0 Å². The van der Waals surface area contributed by atoms with Crippen LogP contribution < -0.4 is 16.0 Å². The van der Waals surface area contributed by atoms with E-state index in [0.29, 0.717) is 12.3 Å². The highest BCUT2D eigenvalue weighted by Crippen LogP contribution is 2.24. The number of hydrogen-bond donors (Lipinski definition) is 2. The molecule has 3 N–H and O–H groups in total. The molecule has 1 heterocycles. The van der Waals surface area contributed by atoms with Crippen molar-refractivity contribution < 1.29 is 4.79 Å². The Morgan fingerprint density at radius 2 is 1.83 bits per heavy atom.